The number of carbonyl (C=O) groups is 2. The lowest BCUT2D eigenvalue weighted by Gasteiger charge is -2.52. The minimum absolute atomic E-state index is 0.0286. The molecule has 8 heteroatoms. The van der Waals surface area contributed by atoms with Gasteiger partial charge in [-0.05, 0) is 43.4 Å². The highest BCUT2D eigenvalue weighted by Crippen LogP contribution is 2.38. The molecular weight excluding hydrogens is 396 g/mol. The van der Waals surface area contributed by atoms with Gasteiger partial charge in [0.15, 0.2) is 0 Å². The number of nitrogens with one attached hydrogen (secondary N) is 1. The molecule has 1 aromatic rings. The van der Waals surface area contributed by atoms with Crippen LogP contribution in [0.2, 0.25) is 0 Å². The molecule has 0 aromatic heterocycles. The number of carbonyl (C=O) groups excluding carboxylic acids is 2. The Kier molecular flexibility index (Phi) is 5.86. The van der Waals surface area contributed by atoms with E-state index in [1.165, 1.54) is 0 Å². The Bertz CT molecular complexity index is 828. The van der Waals surface area contributed by atoms with Crippen molar-refractivity contribution in [2.24, 2.45) is 5.92 Å². The van der Waals surface area contributed by atoms with Crippen LogP contribution in [-0.4, -0.2) is 84.7 Å². The van der Waals surface area contributed by atoms with E-state index >= 15 is 0 Å². The number of benzene rings is 1. The van der Waals surface area contributed by atoms with Crippen LogP contribution in [0.25, 0.3) is 0 Å². The van der Waals surface area contributed by atoms with Gasteiger partial charge in [-0.15, -0.1) is 0 Å². The molecule has 1 N–H and O–H groups in total. The molecule has 1 aromatic carbocycles. The van der Waals surface area contributed by atoms with Crippen LogP contribution >= 0.6 is 0 Å². The molecule has 0 bridgehead atoms. The normalized spacial score (nSPS) is 31.3. The number of piperazine rings is 1. The standard InChI is InChI=1S/C23H32N4O4/c1-30-18-4-2-3-16(13-18)15-26-21-14-17(22(28)25-9-11-31-12-10-25)5-6-19(21)27-20(23(26)29)7-8-24-27/h2-4,13,17,19-21,24H,5-12,14-15H2,1H3. The second kappa shape index (κ2) is 8.76. The third-order valence-electron chi connectivity index (χ3n) is 7.31. The van der Waals surface area contributed by atoms with Crippen molar-refractivity contribution < 1.29 is 19.1 Å². The predicted octanol–water partition coefficient (Wildman–Crippen LogP) is 1.01. The summed E-state index contributed by atoms with van der Waals surface area (Å²) in [6.07, 6.45) is 3.37. The third-order valence-corrected chi connectivity index (χ3v) is 7.31. The number of hydrogen-bond acceptors (Lipinski definition) is 6. The summed E-state index contributed by atoms with van der Waals surface area (Å²) in [4.78, 5) is 30.7. The first-order valence-electron chi connectivity index (χ1n) is 11.5. The second-order valence-corrected chi connectivity index (χ2v) is 9.02. The minimum Gasteiger partial charge on any atom is -0.497 e. The smallest absolute Gasteiger partial charge is 0.242 e. The van der Waals surface area contributed by atoms with Gasteiger partial charge < -0.3 is 19.3 Å². The molecule has 4 fully saturated rings. The third kappa shape index (κ3) is 3.92. The van der Waals surface area contributed by atoms with E-state index in [1.54, 1.807) is 7.11 Å². The summed E-state index contributed by atoms with van der Waals surface area (Å²) in [7, 11) is 1.66. The van der Waals surface area contributed by atoms with E-state index in [2.05, 4.69) is 10.4 Å². The molecule has 3 aliphatic heterocycles. The summed E-state index contributed by atoms with van der Waals surface area (Å²) in [5, 5.41) is 2.20. The van der Waals surface area contributed by atoms with Crippen molar-refractivity contribution in [1.29, 1.82) is 0 Å². The van der Waals surface area contributed by atoms with Gasteiger partial charge in [-0.25, -0.2) is 5.01 Å². The highest BCUT2D eigenvalue weighted by molar-refractivity contribution is 5.84. The van der Waals surface area contributed by atoms with Gasteiger partial charge in [0, 0.05) is 44.2 Å². The quantitative estimate of drug-likeness (QED) is 0.772. The van der Waals surface area contributed by atoms with Crippen molar-refractivity contribution in [2.75, 3.05) is 40.0 Å². The SMILES string of the molecule is COc1cccc(CN2C(=O)C3CCNN3C3CCC(C(=O)N4CCOCC4)CC32)c1. The molecule has 0 spiro atoms. The van der Waals surface area contributed by atoms with Crippen molar-refractivity contribution >= 4 is 11.8 Å². The van der Waals surface area contributed by atoms with E-state index < -0.39 is 0 Å². The summed E-state index contributed by atoms with van der Waals surface area (Å²) in [5.74, 6) is 1.17. The molecule has 4 unspecified atom stereocenters. The van der Waals surface area contributed by atoms with E-state index in [9.17, 15) is 9.59 Å². The van der Waals surface area contributed by atoms with Crippen LogP contribution in [0, 0.1) is 5.92 Å². The molecule has 1 saturated carbocycles. The van der Waals surface area contributed by atoms with Crippen molar-refractivity contribution in [3.8, 4) is 5.75 Å². The zero-order chi connectivity index (χ0) is 21.4. The highest BCUT2D eigenvalue weighted by atomic mass is 16.5. The molecule has 2 amide bonds. The van der Waals surface area contributed by atoms with E-state index in [-0.39, 0.29) is 35.9 Å². The minimum atomic E-state index is -0.0987. The highest BCUT2D eigenvalue weighted by Gasteiger charge is 2.51. The summed E-state index contributed by atoms with van der Waals surface area (Å²) in [5.41, 5.74) is 4.51. The first-order chi connectivity index (χ1) is 15.2. The topological polar surface area (TPSA) is 74.4 Å². The van der Waals surface area contributed by atoms with Gasteiger partial charge in [-0.3, -0.25) is 15.0 Å². The van der Waals surface area contributed by atoms with Crippen LogP contribution in [0.1, 0.15) is 31.2 Å². The molecule has 8 nitrogen and oxygen atoms in total. The molecule has 1 aliphatic carbocycles. The average molecular weight is 429 g/mol. The average Bonchev–Trinajstić information content (AvgIpc) is 3.32. The van der Waals surface area contributed by atoms with Crippen LogP contribution in [0.3, 0.4) is 0 Å². The maximum Gasteiger partial charge on any atom is 0.242 e. The molecule has 0 radical (unpaired) electrons. The van der Waals surface area contributed by atoms with Gasteiger partial charge in [0.25, 0.3) is 0 Å². The molecule has 31 heavy (non-hydrogen) atoms. The lowest BCUT2D eigenvalue weighted by atomic mass is 9.78. The maximum atomic E-state index is 13.5. The van der Waals surface area contributed by atoms with Gasteiger partial charge in [-0.1, -0.05) is 12.1 Å². The van der Waals surface area contributed by atoms with Gasteiger partial charge in [-0.2, -0.15) is 0 Å². The van der Waals surface area contributed by atoms with Crippen molar-refractivity contribution in [3.05, 3.63) is 29.8 Å². The zero-order valence-corrected chi connectivity index (χ0v) is 18.2. The van der Waals surface area contributed by atoms with Crippen molar-refractivity contribution in [3.63, 3.8) is 0 Å². The van der Waals surface area contributed by atoms with E-state index in [0.29, 0.717) is 32.8 Å². The van der Waals surface area contributed by atoms with Crippen LogP contribution < -0.4 is 10.2 Å². The van der Waals surface area contributed by atoms with Crippen molar-refractivity contribution in [1.82, 2.24) is 20.2 Å². The van der Waals surface area contributed by atoms with Gasteiger partial charge in [0.2, 0.25) is 11.8 Å². The fourth-order valence-corrected chi connectivity index (χ4v) is 5.74. The molecule has 5 rings (SSSR count). The number of methoxy groups -OCH3 is 1. The van der Waals surface area contributed by atoms with E-state index in [4.69, 9.17) is 9.47 Å². The molecule has 4 atom stereocenters. The Balaban J connectivity index is 1.38. The zero-order valence-electron chi connectivity index (χ0n) is 18.2. The Labute approximate surface area is 183 Å². The number of morpholine rings is 1. The molecule has 4 aliphatic rings. The van der Waals surface area contributed by atoms with Crippen molar-refractivity contribution in [2.45, 2.75) is 50.4 Å². The van der Waals surface area contributed by atoms with Crippen LogP contribution in [-0.2, 0) is 20.9 Å². The predicted molar refractivity (Wildman–Crippen MR) is 114 cm³/mol. The summed E-state index contributed by atoms with van der Waals surface area (Å²) in [6, 6.07) is 8.12. The largest absolute Gasteiger partial charge is 0.497 e. The summed E-state index contributed by atoms with van der Waals surface area (Å²) in [6.45, 7) is 3.97. The van der Waals surface area contributed by atoms with Gasteiger partial charge in [0.05, 0.1) is 20.3 Å². The number of hydrazine groups is 1. The maximum absolute atomic E-state index is 13.5. The Morgan fingerprint density at radius 1 is 1.19 bits per heavy atom. The monoisotopic (exact) mass is 428 g/mol. The fourth-order valence-electron chi connectivity index (χ4n) is 5.74. The van der Waals surface area contributed by atoms with Gasteiger partial charge in [0.1, 0.15) is 11.8 Å². The van der Waals surface area contributed by atoms with E-state index in [1.807, 2.05) is 34.1 Å². The number of nitrogens with zero attached hydrogens (tertiary/aromatic N) is 3. The molecule has 168 valence electrons. The Morgan fingerprint density at radius 3 is 2.84 bits per heavy atom. The Morgan fingerprint density at radius 2 is 2.03 bits per heavy atom. The van der Waals surface area contributed by atoms with Crippen LogP contribution in [0.15, 0.2) is 24.3 Å². The number of amides is 2. The molecule has 3 saturated heterocycles. The number of rotatable bonds is 4. The lowest BCUT2D eigenvalue weighted by molar-refractivity contribution is -0.159. The van der Waals surface area contributed by atoms with Gasteiger partial charge >= 0.3 is 0 Å². The second-order valence-electron chi connectivity index (χ2n) is 9.02. The summed E-state index contributed by atoms with van der Waals surface area (Å²) >= 11 is 0. The fraction of sp³-hybridized carbons (Fsp3) is 0.652. The van der Waals surface area contributed by atoms with Crippen LogP contribution in [0.5, 0.6) is 5.75 Å². The lowest BCUT2D eigenvalue weighted by Crippen LogP contribution is -2.68. The Hall–Kier alpha value is -2.16. The number of fused-ring (bicyclic) bond motifs is 3. The summed E-state index contributed by atoms with van der Waals surface area (Å²) < 4.78 is 10.8. The number of hydrogen-bond donors (Lipinski definition) is 1. The first kappa shape index (κ1) is 20.7. The first-order valence-corrected chi connectivity index (χ1v) is 11.5. The molecular formula is C23H32N4O4. The number of ether oxygens (including phenoxy) is 2. The van der Waals surface area contributed by atoms with Crippen LogP contribution in [0.4, 0.5) is 0 Å². The van der Waals surface area contributed by atoms with E-state index in [0.717, 1.165) is 43.5 Å². The molecule has 3 heterocycles.